The Morgan fingerprint density at radius 2 is 1.84 bits per heavy atom. The Morgan fingerprint density at radius 3 is 2.49 bits per heavy atom. The molecule has 2 aromatic rings. The molecule has 3 rings (SSSR count). The molecule has 1 fully saturated rings. The summed E-state index contributed by atoms with van der Waals surface area (Å²) in [7, 11) is 1.98. The molecule has 0 aliphatic carbocycles. The Balaban J connectivity index is 0.000000391. The average molecular weight is 587 g/mol. The molecule has 2 aromatic carbocycles. The third-order valence-electron chi connectivity index (χ3n) is 7.20. The quantitative estimate of drug-likeness (QED) is 0.154. The van der Waals surface area contributed by atoms with Crippen molar-refractivity contribution in [1.29, 1.82) is 0 Å². The molecule has 1 aliphatic heterocycles. The Labute approximate surface area is 259 Å². The summed E-state index contributed by atoms with van der Waals surface area (Å²) in [6.45, 7) is 22.8. The fourth-order valence-electron chi connectivity index (χ4n) is 4.74. The summed E-state index contributed by atoms with van der Waals surface area (Å²) in [5, 5.41) is 8.50. The van der Waals surface area contributed by atoms with Crippen LogP contribution in [0.25, 0.3) is 10.8 Å². The van der Waals surface area contributed by atoms with Gasteiger partial charge in [0.05, 0.1) is 12.2 Å². The van der Waals surface area contributed by atoms with E-state index in [2.05, 4.69) is 57.2 Å². The molecule has 0 amide bonds. The van der Waals surface area contributed by atoms with Crippen LogP contribution < -0.4 is 10.6 Å². The van der Waals surface area contributed by atoms with Crippen LogP contribution in [0.1, 0.15) is 39.5 Å². The minimum atomic E-state index is -0.274. The normalized spacial score (nSPS) is 14.3. The van der Waals surface area contributed by atoms with Crippen molar-refractivity contribution in [2.75, 3.05) is 58.2 Å². The molecule has 0 saturated carbocycles. The first kappa shape index (κ1) is 35.4. The first-order valence-corrected chi connectivity index (χ1v) is 15.3. The van der Waals surface area contributed by atoms with E-state index in [0.717, 1.165) is 92.2 Å². The van der Waals surface area contributed by atoms with Gasteiger partial charge < -0.3 is 20.4 Å². The number of aliphatic imine (C=N–C) groups is 2. The summed E-state index contributed by atoms with van der Waals surface area (Å²) in [5.74, 6) is -0.274. The van der Waals surface area contributed by atoms with Gasteiger partial charge in [0.25, 0.3) is 0 Å². The number of halogens is 1. The van der Waals surface area contributed by atoms with Crippen molar-refractivity contribution in [1.82, 2.24) is 15.1 Å². The largest absolute Gasteiger partial charge is 0.371 e. The van der Waals surface area contributed by atoms with Crippen LogP contribution in [0.4, 0.5) is 15.8 Å². The molecule has 0 atom stereocenters. The summed E-state index contributed by atoms with van der Waals surface area (Å²) in [6, 6.07) is 11.8. The molecule has 6 nitrogen and oxygen atoms in total. The lowest BCUT2D eigenvalue weighted by Crippen LogP contribution is -2.32. The van der Waals surface area contributed by atoms with Crippen LogP contribution in [0.5, 0.6) is 0 Å². The van der Waals surface area contributed by atoms with Gasteiger partial charge in [-0.25, -0.2) is 4.39 Å². The molecular formula is C36H51FN6. The number of likely N-dealkylation sites (tertiary alicyclic amines) is 1. The van der Waals surface area contributed by atoms with Gasteiger partial charge in [-0.05, 0) is 82.9 Å². The molecule has 0 aromatic heterocycles. The number of fused-ring (bicyclic) bond motifs is 1. The van der Waals surface area contributed by atoms with Crippen LogP contribution in [0.3, 0.4) is 0 Å². The maximum absolute atomic E-state index is 14.5. The predicted molar refractivity (Wildman–Crippen MR) is 188 cm³/mol. The van der Waals surface area contributed by atoms with E-state index in [-0.39, 0.29) is 5.83 Å². The predicted octanol–water partition coefficient (Wildman–Crippen LogP) is 8.07. The number of anilines is 1. The fourth-order valence-corrected chi connectivity index (χ4v) is 4.74. The number of hydrogen-bond donors (Lipinski definition) is 2. The molecule has 0 radical (unpaired) electrons. The van der Waals surface area contributed by atoms with E-state index < -0.39 is 0 Å². The van der Waals surface area contributed by atoms with E-state index in [0.29, 0.717) is 6.42 Å². The number of likely N-dealkylation sites (N-methyl/N-ethyl adjacent to an activating group) is 2. The highest BCUT2D eigenvalue weighted by atomic mass is 19.1. The van der Waals surface area contributed by atoms with Crippen molar-refractivity contribution < 1.29 is 4.39 Å². The molecular weight excluding hydrogens is 535 g/mol. The minimum absolute atomic E-state index is 0.274. The van der Waals surface area contributed by atoms with Crippen molar-refractivity contribution in [3.05, 3.63) is 97.2 Å². The maximum Gasteiger partial charge on any atom is 0.121 e. The van der Waals surface area contributed by atoms with E-state index in [1.165, 1.54) is 6.42 Å². The lowest BCUT2D eigenvalue weighted by molar-refractivity contribution is 0.292. The molecule has 43 heavy (non-hydrogen) atoms. The first-order valence-electron chi connectivity index (χ1n) is 15.3. The highest BCUT2D eigenvalue weighted by Gasteiger charge is 2.11. The Morgan fingerprint density at radius 1 is 1.09 bits per heavy atom. The maximum atomic E-state index is 14.5. The third kappa shape index (κ3) is 12.9. The Hall–Kier alpha value is -3.81. The van der Waals surface area contributed by atoms with Gasteiger partial charge in [-0.3, -0.25) is 9.98 Å². The highest BCUT2D eigenvalue weighted by Crippen LogP contribution is 2.32. The second-order valence-electron chi connectivity index (χ2n) is 10.3. The summed E-state index contributed by atoms with van der Waals surface area (Å²) >= 11 is 0. The Kier molecular flexibility index (Phi) is 17.3. The van der Waals surface area contributed by atoms with E-state index in [9.17, 15) is 4.39 Å². The molecule has 7 heteroatoms. The lowest BCUT2D eigenvalue weighted by atomic mass is 10.1. The van der Waals surface area contributed by atoms with E-state index in [1.54, 1.807) is 18.2 Å². The molecule has 1 saturated heterocycles. The standard InChI is InChI=1S/C25H28FN3.C11H23N3/c1-4-21(29-16-8-5-9-17-29)18-20(26)13-12-19(2)28-25-15-14-24(27-3)22-10-6-7-11-23(22)25;1-4-6-7-13-9-11-14(5-2)10-8-12-3/h4,6-7,10-11,13-15,18,28H,1-3,5,8-9,12,16-17H2;4,6-7,12H,5,8-11H2,1-3H3/b20-13+,21-18+;6-4+,13-7?. The molecule has 0 spiro atoms. The number of nitrogens with zero attached hydrogens (tertiary/aromatic N) is 4. The monoisotopic (exact) mass is 586 g/mol. The van der Waals surface area contributed by atoms with Crippen molar-refractivity contribution in [2.24, 2.45) is 9.98 Å². The van der Waals surface area contributed by atoms with Crippen molar-refractivity contribution >= 4 is 35.1 Å². The van der Waals surface area contributed by atoms with Gasteiger partial charge in [-0.1, -0.05) is 50.4 Å². The van der Waals surface area contributed by atoms with E-state index in [1.807, 2.05) is 68.7 Å². The number of piperidine rings is 1. The minimum Gasteiger partial charge on any atom is -0.371 e. The highest BCUT2D eigenvalue weighted by molar-refractivity contribution is 6.01. The zero-order valence-corrected chi connectivity index (χ0v) is 26.5. The SMILES string of the molecule is C/C=C/C=NCCN(CC)CCNC.C=C/C(=C\C(F)=C/CC(=C)Nc1ccc(N=C)c2ccccc12)N1CCCCC1. The summed E-state index contributed by atoms with van der Waals surface area (Å²) in [4.78, 5) is 12.9. The van der Waals surface area contributed by atoms with E-state index in [4.69, 9.17) is 0 Å². The van der Waals surface area contributed by atoms with Crippen molar-refractivity contribution in [2.45, 2.75) is 39.5 Å². The summed E-state index contributed by atoms with van der Waals surface area (Å²) < 4.78 is 14.5. The van der Waals surface area contributed by atoms with Crippen LogP contribution in [0, 0.1) is 0 Å². The zero-order chi connectivity index (χ0) is 31.3. The van der Waals surface area contributed by atoms with Gasteiger partial charge in [0.2, 0.25) is 0 Å². The molecule has 0 unspecified atom stereocenters. The van der Waals surface area contributed by atoms with Crippen LogP contribution in [0.2, 0.25) is 0 Å². The van der Waals surface area contributed by atoms with Crippen LogP contribution >= 0.6 is 0 Å². The molecule has 232 valence electrons. The van der Waals surface area contributed by atoms with E-state index >= 15 is 0 Å². The zero-order valence-electron chi connectivity index (χ0n) is 26.5. The molecule has 0 bridgehead atoms. The molecule has 1 heterocycles. The summed E-state index contributed by atoms with van der Waals surface area (Å²) in [6.07, 6.45) is 14.6. The number of rotatable bonds is 16. The van der Waals surface area contributed by atoms with Gasteiger partial charge in [0.15, 0.2) is 0 Å². The third-order valence-corrected chi connectivity index (χ3v) is 7.20. The topological polar surface area (TPSA) is 55.3 Å². The number of allylic oxidation sites excluding steroid dienone is 6. The summed E-state index contributed by atoms with van der Waals surface area (Å²) in [5.41, 5.74) is 3.32. The molecule has 2 N–H and O–H groups in total. The number of nitrogens with one attached hydrogen (secondary N) is 2. The number of hydrogen-bond acceptors (Lipinski definition) is 6. The Bertz CT molecular complexity index is 1270. The van der Waals surface area contributed by atoms with Gasteiger partial charge in [-0.15, -0.1) is 0 Å². The van der Waals surface area contributed by atoms with Gasteiger partial charge in [0, 0.05) is 73.2 Å². The first-order chi connectivity index (χ1) is 21.0. The van der Waals surface area contributed by atoms with Gasteiger partial charge in [0.1, 0.15) is 5.83 Å². The van der Waals surface area contributed by atoms with Gasteiger partial charge >= 0.3 is 0 Å². The van der Waals surface area contributed by atoms with Crippen molar-refractivity contribution in [3.63, 3.8) is 0 Å². The van der Waals surface area contributed by atoms with Gasteiger partial charge in [-0.2, -0.15) is 0 Å². The van der Waals surface area contributed by atoms with Crippen LogP contribution in [-0.2, 0) is 0 Å². The van der Waals surface area contributed by atoms with Crippen LogP contribution in [0.15, 0.2) is 107 Å². The number of benzene rings is 2. The lowest BCUT2D eigenvalue weighted by Gasteiger charge is -2.29. The van der Waals surface area contributed by atoms with Crippen LogP contribution in [-0.4, -0.2) is 75.6 Å². The average Bonchev–Trinajstić information content (AvgIpc) is 3.05. The van der Waals surface area contributed by atoms with Crippen molar-refractivity contribution in [3.8, 4) is 0 Å². The smallest absolute Gasteiger partial charge is 0.121 e. The fraction of sp³-hybridized carbons (Fsp3) is 0.389. The second kappa shape index (κ2) is 21.0. The second-order valence-corrected chi connectivity index (χ2v) is 10.3. The molecule has 1 aliphatic rings.